The molecule has 1 atom stereocenters. The summed E-state index contributed by atoms with van der Waals surface area (Å²) in [6, 6.07) is 0. The molecule has 0 saturated heterocycles. The number of rotatable bonds is 3. The SMILES string of the molecule is CC(C)(C)OC(=O)NCC(O)S(=O)(=O)[O-].[Na+]. The van der Waals surface area contributed by atoms with Gasteiger partial charge < -0.3 is 19.7 Å². The fourth-order valence-electron chi connectivity index (χ4n) is 0.587. The van der Waals surface area contributed by atoms with Gasteiger partial charge in [0.25, 0.3) is 0 Å². The van der Waals surface area contributed by atoms with Gasteiger partial charge in [0, 0.05) is 0 Å². The van der Waals surface area contributed by atoms with Crippen LogP contribution in [-0.2, 0) is 14.9 Å². The molecule has 0 aliphatic carbocycles. The Hall–Kier alpha value is 0.140. The third-order valence-corrected chi connectivity index (χ3v) is 1.99. The topological polar surface area (TPSA) is 116 Å². The van der Waals surface area contributed by atoms with Crippen molar-refractivity contribution in [3.05, 3.63) is 0 Å². The van der Waals surface area contributed by atoms with Gasteiger partial charge in [-0.2, -0.15) is 0 Å². The van der Waals surface area contributed by atoms with Gasteiger partial charge in [-0.3, -0.25) is 0 Å². The predicted molar refractivity (Wildman–Crippen MR) is 49.9 cm³/mol. The van der Waals surface area contributed by atoms with Crippen molar-refractivity contribution in [2.75, 3.05) is 6.54 Å². The van der Waals surface area contributed by atoms with Crippen LogP contribution in [0.15, 0.2) is 0 Å². The summed E-state index contributed by atoms with van der Waals surface area (Å²) < 4.78 is 35.4. The quantitative estimate of drug-likeness (QED) is 0.401. The van der Waals surface area contributed by atoms with E-state index in [1.54, 1.807) is 20.8 Å². The Morgan fingerprint density at radius 3 is 2.25 bits per heavy atom. The minimum atomic E-state index is -4.81. The van der Waals surface area contributed by atoms with Crippen LogP contribution in [-0.4, -0.2) is 41.8 Å². The average Bonchev–Trinajstić information content (AvgIpc) is 1.94. The average molecular weight is 263 g/mol. The number of nitrogens with one attached hydrogen (secondary N) is 1. The maximum absolute atomic E-state index is 10.9. The van der Waals surface area contributed by atoms with E-state index in [9.17, 15) is 17.8 Å². The molecule has 0 aromatic heterocycles. The second-order valence-corrected chi connectivity index (χ2v) is 5.36. The van der Waals surface area contributed by atoms with E-state index < -0.39 is 33.8 Å². The molecule has 16 heavy (non-hydrogen) atoms. The molecule has 0 radical (unpaired) electrons. The number of aliphatic hydroxyl groups is 1. The summed E-state index contributed by atoms with van der Waals surface area (Å²) in [5.74, 6) is 0. The molecule has 0 fully saturated rings. The molecule has 0 spiro atoms. The van der Waals surface area contributed by atoms with Crippen molar-refractivity contribution < 1.29 is 57.2 Å². The van der Waals surface area contributed by atoms with E-state index in [1.807, 2.05) is 5.32 Å². The minimum absolute atomic E-state index is 0. The molecule has 0 bridgehead atoms. The summed E-state index contributed by atoms with van der Waals surface area (Å²) in [5.41, 5.74) is -2.89. The van der Waals surface area contributed by atoms with Crippen LogP contribution in [0.5, 0.6) is 0 Å². The number of carbonyl (C=O) groups is 1. The monoisotopic (exact) mass is 263 g/mol. The first-order chi connectivity index (χ1) is 6.52. The van der Waals surface area contributed by atoms with E-state index >= 15 is 0 Å². The fourth-order valence-corrected chi connectivity index (χ4v) is 0.874. The van der Waals surface area contributed by atoms with Crippen molar-refractivity contribution in [1.82, 2.24) is 5.32 Å². The van der Waals surface area contributed by atoms with Gasteiger partial charge in [-0.25, -0.2) is 13.2 Å². The zero-order valence-electron chi connectivity index (χ0n) is 9.68. The van der Waals surface area contributed by atoms with Crippen molar-refractivity contribution in [3.63, 3.8) is 0 Å². The predicted octanol–water partition coefficient (Wildman–Crippen LogP) is -3.62. The number of hydrogen-bond acceptors (Lipinski definition) is 6. The molecule has 90 valence electrons. The molecule has 2 N–H and O–H groups in total. The molecule has 1 unspecified atom stereocenters. The van der Waals surface area contributed by atoms with Crippen LogP contribution in [0.2, 0.25) is 0 Å². The molecule has 0 aliphatic heterocycles. The van der Waals surface area contributed by atoms with Crippen LogP contribution in [0.4, 0.5) is 4.79 Å². The van der Waals surface area contributed by atoms with Gasteiger partial charge in [-0.15, -0.1) is 0 Å². The van der Waals surface area contributed by atoms with Crippen molar-refractivity contribution in [1.29, 1.82) is 0 Å². The molecule has 0 aromatic rings. The second kappa shape index (κ2) is 6.77. The first kappa shape index (κ1) is 18.5. The van der Waals surface area contributed by atoms with Gasteiger partial charge in [-0.05, 0) is 20.8 Å². The molecular formula is C7H14NNaO6S. The second-order valence-electron chi connectivity index (χ2n) is 3.83. The maximum atomic E-state index is 10.9. The Morgan fingerprint density at radius 1 is 1.50 bits per heavy atom. The van der Waals surface area contributed by atoms with E-state index in [-0.39, 0.29) is 29.6 Å². The van der Waals surface area contributed by atoms with Gasteiger partial charge in [0.15, 0.2) is 5.44 Å². The van der Waals surface area contributed by atoms with Crippen molar-refractivity contribution in [2.45, 2.75) is 31.8 Å². The molecule has 7 nitrogen and oxygen atoms in total. The zero-order valence-corrected chi connectivity index (χ0v) is 12.5. The summed E-state index contributed by atoms with van der Waals surface area (Å²) >= 11 is 0. The summed E-state index contributed by atoms with van der Waals surface area (Å²) in [6.45, 7) is 4.16. The zero-order chi connectivity index (χ0) is 12.3. The number of carbonyl (C=O) groups excluding carboxylic acids is 1. The Kier molecular flexibility index (Phi) is 7.83. The Labute approximate surface area is 117 Å². The Morgan fingerprint density at radius 2 is 1.94 bits per heavy atom. The smallest absolute Gasteiger partial charge is 0.746 e. The van der Waals surface area contributed by atoms with Crippen molar-refractivity contribution in [3.8, 4) is 0 Å². The van der Waals surface area contributed by atoms with Crippen molar-refractivity contribution in [2.24, 2.45) is 0 Å². The van der Waals surface area contributed by atoms with E-state index in [2.05, 4.69) is 0 Å². The van der Waals surface area contributed by atoms with Gasteiger partial charge >= 0.3 is 35.7 Å². The van der Waals surface area contributed by atoms with Gasteiger partial charge in [0.1, 0.15) is 15.7 Å². The summed E-state index contributed by atoms with van der Waals surface area (Å²) in [7, 11) is -4.81. The third kappa shape index (κ3) is 9.37. The van der Waals surface area contributed by atoms with Gasteiger partial charge in [-0.1, -0.05) is 0 Å². The summed E-state index contributed by atoms with van der Waals surface area (Å²) in [4.78, 5) is 10.9. The molecule has 9 heteroatoms. The number of ether oxygens (including phenoxy) is 1. The van der Waals surface area contributed by atoms with Gasteiger partial charge in [0.2, 0.25) is 0 Å². The van der Waals surface area contributed by atoms with Crippen LogP contribution in [0, 0.1) is 0 Å². The van der Waals surface area contributed by atoms with Crippen LogP contribution < -0.4 is 34.9 Å². The number of amides is 1. The van der Waals surface area contributed by atoms with Crippen LogP contribution in [0.1, 0.15) is 20.8 Å². The molecule has 0 saturated carbocycles. The maximum Gasteiger partial charge on any atom is 1.00 e. The molecule has 0 rings (SSSR count). The molecule has 0 aromatic carbocycles. The number of alkyl carbamates (subject to hydrolysis) is 1. The van der Waals surface area contributed by atoms with E-state index in [4.69, 9.17) is 9.84 Å². The van der Waals surface area contributed by atoms with Crippen molar-refractivity contribution >= 4 is 16.2 Å². The van der Waals surface area contributed by atoms with E-state index in [0.29, 0.717) is 0 Å². The van der Waals surface area contributed by atoms with Crippen LogP contribution >= 0.6 is 0 Å². The molecule has 0 heterocycles. The first-order valence-corrected chi connectivity index (χ1v) is 5.59. The molecule has 0 aliphatic rings. The first-order valence-electron chi connectivity index (χ1n) is 4.12. The minimum Gasteiger partial charge on any atom is -0.746 e. The fraction of sp³-hybridized carbons (Fsp3) is 0.857. The molecular weight excluding hydrogens is 249 g/mol. The summed E-state index contributed by atoms with van der Waals surface area (Å²) in [5, 5.41) is 10.7. The van der Waals surface area contributed by atoms with Crippen LogP contribution in [0.25, 0.3) is 0 Å². The number of hydrogen-bond donors (Lipinski definition) is 2. The standard InChI is InChI=1S/C7H15NO6S.Na/c1-7(2,3)14-6(10)8-4-5(9)15(11,12)13;/h5,9H,4H2,1-3H3,(H,8,10)(H,11,12,13);/q;+1/p-1. The van der Waals surface area contributed by atoms with E-state index in [1.165, 1.54) is 0 Å². The number of aliphatic hydroxyl groups excluding tert-OH is 1. The third-order valence-electron chi connectivity index (χ3n) is 1.15. The van der Waals surface area contributed by atoms with Gasteiger partial charge in [0.05, 0.1) is 6.54 Å². The van der Waals surface area contributed by atoms with E-state index in [0.717, 1.165) is 0 Å². The van der Waals surface area contributed by atoms with Crippen LogP contribution in [0.3, 0.4) is 0 Å². The Balaban J connectivity index is 0. The normalized spacial score (nSPS) is 13.6. The summed E-state index contributed by atoms with van der Waals surface area (Å²) in [6.07, 6.45) is -0.898. The molecule has 1 amide bonds. The Bertz CT molecular complexity index is 322. The largest absolute Gasteiger partial charge is 1.00 e.